The zero-order chi connectivity index (χ0) is 14.0. The van der Waals surface area contributed by atoms with Gasteiger partial charge in [-0.3, -0.25) is 0 Å². The van der Waals surface area contributed by atoms with E-state index < -0.39 is 5.82 Å². The highest BCUT2D eigenvalue weighted by Gasteiger charge is 2.10. The molecular weight excluding hydrogens is 331 g/mol. The number of anilines is 1. The summed E-state index contributed by atoms with van der Waals surface area (Å²) in [5.41, 5.74) is 1.26. The number of benzene rings is 2. The maximum absolute atomic E-state index is 12.9. The maximum Gasteiger partial charge on any atom is 0.124 e. The fraction of sp³-hybridized carbons (Fsp3) is 0.0769. The van der Waals surface area contributed by atoms with Crippen LogP contribution in [0.1, 0.15) is 5.56 Å². The summed E-state index contributed by atoms with van der Waals surface area (Å²) in [7, 11) is 0. The minimum Gasteiger partial charge on any atom is -0.380 e. The Morgan fingerprint density at radius 3 is 2.26 bits per heavy atom. The van der Waals surface area contributed by atoms with E-state index in [0.717, 1.165) is 0 Å². The minimum atomic E-state index is -0.394. The Kier molecular flexibility index (Phi) is 4.80. The van der Waals surface area contributed by atoms with E-state index >= 15 is 0 Å². The van der Waals surface area contributed by atoms with Gasteiger partial charge in [-0.2, -0.15) is 0 Å². The van der Waals surface area contributed by atoms with Crippen molar-refractivity contribution in [1.82, 2.24) is 0 Å². The molecule has 2 aromatic rings. The van der Waals surface area contributed by atoms with Gasteiger partial charge in [0.25, 0.3) is 0 Å². The third-order valence-electron chi connectivity index (χ3n) is 2.53. The molecule has 0 atom stereocenters. The first-order valence-electron chi connectivity index (χ1n) is 5.30. The van der Waals surface area contributed by atoms with Gasteiger partial charge in [-0.25, -0.2) is 4.39 Å². The maximum atomic E-state index is 12.9. The summed E-state index contributed by atoms with van der Waals surface area (Å²) >= 11 is 24.0. The molecule has 0 amide bonds. The van der Waals surface area contributed by atoms with Gasteiger partial charge in [0, 0.05) is 17.1 Å². The van der Waals surface area contributed by atoms with E-state index in [1.807, 2.05) is 0 Å². The summed E-state index contributed by atoms with van der Waals surface area (Å²) in [5, 5.41) is 4.64. The van der Waals surface area contributed by atoms with Crippen LogP contribution in [0.15, 0.2) is 30.3 Å². The van der Waals surface area contributed by atoms with E-state index in [2.05, 4.69) is 5.32 Å². The molecule has 1 nitrogen and oxygen atoms in total. The Morgan fingerprint density at radius 1 is 0.895 bits per heavy atom. The van der Waals surface area contributed by atoms with E-state index in [0.29, 0.717) is 32.9 Å². The third-order valence-corrected chi connectivity index (χ3v) is 4.04. The Labute approximate surface area is 130 Å². The van der Waals surface area contributed by atoms with Crippen molar-refractivity contribution in [2.45, 2.75) is 6.54 Å². The highest BCUT2D eigenvalue weighted by molar-refractivity contribution is 6.44. The average molecular weight is 339 g/mol. The summed E-state index contributed by atoms with van der Waals surface area (Å²) in [5.74, 6) is -0.394. The van der Waals surface area contributed by atoms with Crippen molar-refractivity contribution in [3.05, 3.63) is 61.8 Å². The number of nitrogens with one attached hydrogen (secondary N) is 1. The highest BCUT2D eigenvalue weighted by atomic mass is 35.5. The number of hydrogen-bond acceptors (Lipinski definition) is 1. The molecule has 0 heterocycles. The fourth-order valence-corrected chi connectivity index (χ4v) is 2.46. The molecule has 1 N–H and O–H groups in total. The molecule has 0 aromatic heterocycles. The van der Waals surface area contributed by atoms with Crippen molar-refractivity contribution in [3.8, 4) is 0 Å². The van der Waals surface area contributed by atoms with Crippen molar-refractivity contribution in [3.63, 3.8) is 0 Å². The second-order valence-corrected chi connectivity index (χ2v) is 5.40. The highest BCUT2D eigenvalue weighted by Crippen LogP contribution is 2.32. The summed E-state index contributed by atoms with van der Waals surface area (Å²) in [6.45, 7) is 0.337. The molecule has 0 bridgehead atoms. The predicted octanol–water partition coefficient (Wildman–Crippen LogP) is 6.05. The van der Waals surface area contributed by atoms with Crippen molar-refractivity contribution in [2.24, 2.45) is 0 Å². The Balaban J connectivity index is 2.21. The van der Waals surface area contributed by atoms with Crippen LogP contribution in [-0.2, 0) is 6.54 Å². The Morgan fingerprint density at radius 2 is 1.58 bits per heavy atom. The fourth-order valence-electron chi connectivity index (χ4n) is 1.55. The number of hydrogen-bond donors (Lipinski definition) is 1. The van der Waals surface area contributed by atoms with Crippen molar-refractivity contribution in [2.75, 3.05) is 5.32 Å². The van der Waals surface area contributed by atoms with Crippen LogP contribution in [-0.4, -0.2) is 0 Å². The van der Waals surface area contributed by atoms with Gasteiger partial charge in [-0.15, -0.1) is 0 Å². The SMILES string of the molecule is Fc1ccc(NCc2c(Cl)ccc(Cl)c2Cl)c(Cl)c1. The van der Waals surface area contributed by atoms with Crippen LogP contribution in [0.4, 0.5) is 10.1 Å². The lowest BCUT2D eigenvalue weighted by atomic mass is 10.2. The smallest absolute Gasteiger partial charge is 0.124 e. The van der Waals surface area contributed by atoms with Crippen LogP contribution in [0.25, 0.3) is 0 Å². The van der Waals surface area contributed by atoms with Crippen LogP contribution >= 0.6 is 46.4 Å². The third kappa shape index (κ3) is 3.46. The van der Waals surface area contributed by atoms with E-state index in [4.69, 9.17) is 46.4 Å². The van der Waals surface area contributed by atoms with Gasteiger partial charge in [-0.1, -0.05) is 46.4 Å². The van der Waals surface area contributed by atoms with E-state index in [-0.39, 0.29) is 5.02 Å². The average Bonchev–Trinajstić information content (AvgIpc) is 2.36. The van der Waals surface area contributed by atoms with Gasteiger partial charge in [-0.05, 0) is 30.3 Å². The van der Waals surface area contributed by atoms with Gasteiger partial charge in [0.1, 0.15) is 5.82 Å². The van der Waals surface area contributed by atoms with Crippen LogP contribution < -0.4 is 5.32 Å². The summed E-state index contributed by atoms with van der Waals surface area (Å²) in [6, 6.07) is 7.38. The molecule has 0 aliphatic carbocycles. The zero-order valence-electron chi connectivity index (χ0n) is 9.48. The van der Waals surface area contributed by atoms with Crippen molar-refractivity contribution >= 4 is 52.1 Å². The predicted molar refractivity (Wildman–Crippen MR) is 80.2 cm³/mol. The van der Waals surface area contributed by atoms with Gasteiger partial charge >= 0.3 is 0 Å². The van der Waals surface area contributed by atoms with Crippen LogP contribution in [0.2, 0.25) is 20.1 Å². The quantitative estimate of drug-likeness (QED) is 0.671. The van der Waals surface area contributed by atoms with Gasteiger partial charge in [0.2, 0.25) is 0 Å². The van der Waals surface area contributed by atoms with E-state index in [9.17, 15) is 4.39 Å². The van der Waals surface area contributed by atoms with Gasteiger partial charge < -0.3 is 5.32 Å². The first kappa shape index (κ1) is 14.7. The summed E-state index contributed by atoms with van der Waals surface area (Å²) in [6.07, 6.45) is 0. The normalized spacial score (nSPS) is 10.6. The topological polar surface area (TPSA) is 12.0 Å². The molecular formula is C13H8Cl4FN. The first-order chi connectivity index (χ1) is 8.99. The van der Waals surface area contributed by atoms with E-state index in [1.165, 1.54) is 12.1 Å². The van der Waals surface area contributed by atoms with Crippen LogP contribution in [0, 0.1) is 5.82 Å². The molecule has 19 heavy (non-hydrogen) atoms. The molecule has 0 aliphatic heterocycles. The standard InChI is InChI=1S/C13H8Cl4FN/c14-9-2-3-10(15)13(17)8(9)6-19-12-4-1-7(18)5-11(12)16/h1-5,19H,6H2. The Bertz CT molecular complexity index is 616. The molecule has 100 valence electrons. The van der Waals surface area contributed by atoms with Crippen LogP contribution in [0.3, 0.4) is 0 Å². The van der Waals surface area contributed by atoms with E-state index in [1.54, 1.807) is 18.2 Å². The van der Waals surface area contributed by atoms with Crippen LogP contribution in [0.5, 0.6) is 0 Å². The number of rotatable bonds is 3. The lowest BCUT2D eigenvalue weighted by Gasteiger charge is -2.12. The second-order valence-electron chi connectivity index (χ2n) is 3.80. The molecule has 2 aromatic carbocycles. The zero-order valence-corrected chi connectivity index (χ0v) is 12.5. The lowest BCUT2D eigenvalue weighted by molar-refractivity contribution is 0.628. The molecule has 0 unspecified atom stereocenters. The number of halogens is 5. The molecule has 0 saturated heterocycles. The molecule has 6 heteroatoms. The first-order valence-corrected chi connectivity index (χ1v) is 6.81. The van der Waals surface area contributed by atoms with Gasteiger partial charge in [0.15, 0.2) is 0 Å². The Hall–Kier alpha value is -0.670. The molecule has 0 aliphatic rings. The lowest BCUT2D eigenvalue weighted by Crippen LogP contribution is -2.02. The summed E-state index contributed by atoms with van der Waals surface area (Å²) in [4.78, 5) is 0. The minimum absolute atomic E-state index is 0.286. The molecule has 0 spiro atoms. The monoisotopic (exact) mass is 337 g/mol. The molecule has 0 radical (unpaired) electrons. The second kappa shape index (κ2) is 6.19. The van der Waals surface area contributed by atoms with Crippen molar-refractivity contribution < 1.29 is 4.39 Å². The summed E-state index contributed by atoms with van der Waals surface area (Å²) < 4.78 is 12.9. The van der Waals surface area contributed by atoms with Crippen molar-refractivity contribution in [1.29, 1.82) is 0 Å². The largest absolute Gasteiger partial charge is 0.380 e. The molecule has 0 saturated carbocycles. The van der Waals surface area contributed by atoms with Gasteiger partial charge in [0.05, 0.1) is 20.8 Å². The molecule has 2 rings (SSSR count). The molecule has 0 fully saturated rings.